The van der Waals surface area contributed by atoms with Crippen LogP contribution in [-0.2, 0) is 12.8 Å². The maximum Gasteiger partial charge on any atom is 0.123 e. The van der Waals surface area contributed by atoms with Crippen molar-refractivity contribution in [1.82, 2.24) is 0 Å². The summed E-state index contributed by atoms with van der Waals surface area (Å²) in [6, 6.07) is 10.8. The van der Waals surface area contributed by atoms with Crippen molar-refractivity contribution in [3.05, 3.63) is 63.9 Å². The third-order valence-corrected chi connectivity index (χ3v) is 5.36. The van der Waals surface area contributed by atoms with Gasteiger partial charge in [-0.3, -0.25) is 0 Å². The highest BCUT2D eigenvalue weighted by Gasteiger charge is 2.21. The quantitative estimate of drug-likeness (QED) is 0.675. The van der Waals surface area contributed by atoms with Crippen molar-refractivity contribution in [1.29, 1.82) is 0 Å². The first-order chi connectivity index (χ1) is 10.3. The lowest BCUT2D eigenvalue weighted by Crippen LogP contribution is -2.23. The van der Waals surface area contributed by atoms with Crippen LogP contribution < -0.4 is 4.74 Å². The fourth-order valence-electron chi connectivity index (χ4n) is 2.99. The standard InChI is InChI=1S/C19H22OS/c1-3-17(14(2)19-12-7-13-21-19)20-18-11-6-9-15-8-4-5-10-16(15)18/h4-7,9,11-14,17H,3,8,10H2,1-2H3. The van der Waals surface area contributed by atoms with Crippen LogP contribution in [-0.4, -0.2) is 6.10 Å². The number of benzene rings is 1. The van der Waals surface area contributed by atoms with E-state index in [2.05, 4.69) is 61.7 Å². The van der Waals surface area contributed by atoms with E-state index in [1.807, 2.05) is 11.3 Å². The van der Waals surface area contributed by atoms with Gasteiger partial charge in [-0.25, -0.2) is 0 Å². The maximum atomic E-state index is 6.42. The van der Waals surface area contributed by atoms with Crippen LogP contribution in [0.1, 0.15) is 42.2 Å². The summed E-state index contributed by atoms with van der Waals surface area (Å²) in [7, 11) is 0. The SMILES string of the molecule is CCC(Oc1cccc2c1CC=CC2)C(C)c1cccs1. The Hall–Kier alpha value is -1.54. The number of allylic oxidation sites excluding steroid dienone is 2. The third kappa shape index (κ3) is 3.06. The number of ether oxygens (including phenoxy) is 1. The van der Waals surface area contributed by atoms with Crippen LogP contribution in [0, 0.1) is 0 Å². The van der Waals surface area contributed by atoms with E-state index in [4.69, 9.17) is 4.74 Å². The van der Waals surface area contributed by atoms with Gasteiger partial charge >= 0.3 is 0 Å². The van der Waals surface area contributed by atoms with Crippen LogP contribution in [0.3, 0.4) is 0 Å². The summed E-state index contributed by atoms with van der Waals surface area (Å²) in [5.41, 5.74) is 2.78. The second-order valence-corrected chi connectivity index (χ2v) is 6.62. The van der Waals surface area contributed by atoms with Gasteiger partial charge in [0.2, 0.25) is 0 Å². The predicted octanol–water partition coefficient (Wildman–Crippen LogP) is 5.36. The van der Waals surface area contributed by atoms with Gasteiger partial charge in [0, 0.05) is 16.4 Å². The minimum atomic E-state index is 0.237. The van der Waals surface area contributed by atoms with Crippen molar-refractivity contribution >= 4 is 11.3 Å². The molecule has 2 atom stereocenters. The Balaban J connectivity index is 1.82. The highest BCUT2D eigenvalue weighted by atomic mass is 32.1. The normalized spacial score (nSPS) is 16.3. The molecule has 1 aromatic carbocycles. The molecule has 1 heterocycles. The van der Waals surface area contributed by atoms with Gasteiger partial charge < -0.3 is 4.74 Å². The van der Waals surface area contributed by atoms with Crippen molar-refractivity contribution < 1.29 is 4.74 Å². The highest BCUT2D eigenvalue weighted by Crippen LogP contribution is 2.32. The summed E-state index contributed by atoms with van der Waals surface area (Å²) >= 11 is 1.82. The molecule has 110 valence electrons. The third-order valence-electron chi connectivity index (χ3n) is 4.29. The molecular formula is C19H22OS. The second kappa shape index (κ2) is 6.48. The molecule has 1 aliphatic rings. The van der Waals surface area contributed by atoms with Gasteiger partial charge in [-0.15, -0.1) is 11.3 Å². The minimum Gasteiger partial charge on any atom is -0.489 e. The molecule has 0 saturated heterocycles. The number of rotatable bonds is 5. The van der Waals surface area contributed by atoms with Crippen LogP contribution in [0.4, 0.5) is 0 Å². The Morgan fingerprint density at radius 2 is 2.00 bits per heavy atom. The van der Waals surface area contributed by atoms with Gasteiger partial charge in [0.1, 0.15) is 11.9 Å². The molecule has 2 unspecified atom stereocenters. The molecule has 21 heavy (non-hydrogen) atoms. The minimum absolute atomic E-state index is 0.237. The lowest BCUT2D eigenvalue weighted by atomic mass is 9.95. The summed E-state index contributed by atoms with van der Waals surface area (Å²) in [6.07, 6.45) is 7.79. The monoisotopic (exact) mass is 298 g/mol. The molecule has 1 aliphatic carbocycles. The molecule has 0 bridgehead atoms. The summed E-state index contributed by atoms with van der Waals surface area (Å²) in [4.78, 5) is 1.41. The zero-order chi connectivity index (χ0) is 14.7. The summed E-state index contributed by atoms with van der Waals surface area (Å²) in [6.45, 7) is 4.49. The fraction of sp³-hybridized carbons (Fsp3) is 0.368. The van der Waals surface area contributed by atoms with Crippen molar-refractivity contribution in [3.8, 4) is 5.75 Å². The Bertz CT molecular complexity index is 613. The Morgan fingerprint density at radius 1 is 1.14 bits per heavy atom. The van der Waals surface area contributed by atoms with Crippen LogP contribution in [0.5, 0.6) is 5.75 Å². The number of thiophene rings is 1. The van der Waals surface area contributed by atoms with E-state index in [0.29, 0.717) is 5.92 Å². The first kappa shape index (κ1) is 14.4. The van der Waals surface area contributed by atoms with Gasteiger partial charge in [-0.1, -0.05) is 44.2 Å². The molecule has 0 aliphatic heterocycles. The van der Waals surface area contributed by atoms with E-state index < -0.39 is 0 Å². The van der Waals surface area contributed by atoms with Crippen LogP contribution in [0.25, 0.3) is 0 Å². The first-order valence-corrected chi connectivity index (χ1v) is 8.63. The maximum absolute atomic E-state index is 6.42. The van der Waals surface area contributed by atoms with Crippen LogP contribution >= 0.6 is 11.3 Å². The van der Waals surface area contributed by atoms with E-state index in [9.17, 15) is 0 Å². The molecular weight excluding hydrogens is 276 g/mol. The molecule has 0 saturated carbocycles. The van der Waals surface area contributed by atoms with Crippen LogP contribution in [0.15, 0.2) is 47.9 Å². The number of hydrogen-bond acceptors (Lipinski definition) is 2. The van der Waals surface area contributed by atoms with E-state index in [1.54, 1.807) is 0 Å². The lowest BCUT2D eigenvalue weighted by Gasteiger charge is -2.26. The van der Waals surface area contributed by atoms with E-state index in [1.165, 1.54) is 16.0 Å². The molecule has 2 heteroatoms. The molecule has 2 aromatic rings. The van der Waals surface area contributed by atoms with Crippen LogP contribution in [0.2, 0.25) is 0 Å². The van der Waals surface area contributed by atoms with Gasteiger partial charge in [-0.2, -0.15) is 0 Å². The molecule has 0 fully saturated rings. The number of hydrogen-bond donors (Lipinski definition) is 0. The summed E-state index contributed by atoms with van der Waals surface area (Å²) < 4.78 is 6.42. The van der Waals surface area contributed by atoms with Gasteiger partial charge in [0.25, 0.3) is 0 Å². The average Bonchev–Trinajstić information content (AvgIpc) is 3.06. The van der Waals surface area contributed by atoms with Gasteiger partial charge in [-0.05, 0) is 42.3 Å². The zero-order valence-electron chi connectivity index (χ0n) is 12.7. The smallest absolute Gasteiger partial charge is 0.123 e. The topological polar surface area (TPSA) is 9.23 Å². The van der Waals surface area contributed by atoms with Gasteiger partial charge in [0.05, 0.1) is 0 Å². The average molecular weight is 298 g/mol. The van der Waals surface area contributed by atoms with E-state index in [0.717, 1.165) is 25.0 Å². The second-order valence-electron chi connectivity index (χ2n) is 5.64. The van der Waals surface area contributed by atoms with Crippen molar-refractivity contribution in [2.45, 2.75) is 45.1 Å². The molecule has 0 spiro atoms. The zero-order valence-corrected chi connectivity index (χ0v) is 13.5. The molecule has 1 aromatic heterocycles. The molecule has 3 rings (SSSR count). The van der Waals surface area contributed by atoms with E-state index >= 15 is 0 Å². The molecule has 0 amide bonds. The number of fused-ring (bicyclic) bond motifs is 1. The van der Waals surface area contributed by atoms with Crippen molar-refractivity contribution in [3.63, 3.8) is 0 Å². The Morgan fingerprint density at radius 3 is 2.76 bits per heavy atom. The highest BCUT2D eigenvalue weighted by molar-refractivity contribution is 7.10. The molecule has 0 N–H and O–H groups in total. The van der Waals surface area contributed by atoms with Gasteiger partial charge in [0.15, 0.2) is 0 Å². The fourth-order valence-corrected chi connectivity index (χ4v) is 3.83. The molecule has 0 radical (unpaired) electrons. The first-order valence-electron chi connectivity index (χ1n) is 7.75. The Kier molecular flexibility index (Phi) is 4.45. The predicted molar refractivity (Wildman–Crippen MR) is 90.4 cm³/mol. The summed E-state index contributed by atoms with van der Waals surface area (Å²) in [5.74, 6) is 1.51. The largest absolute Gasteiger partial charge is 0.489 e. The van der Waals surface area contributed by atoms with Crippen molar-refractivity contribution in [2.24, 2.45) is 0 Å². The molecule has 1 nitrogen and oxygen atoms in total. The summed E-state index contributed by atoms with van der Waals surface area (Å²) in [5, 5.41) is 2.15. The van der Waals surface area contributed by atoms with E-state index in [-0.39, 0.29) is 6.10 Å². The Labute approximate surface area is 131 Å². The lowest BCUT2D eigenvalue weighted by molar-refractivity contribution is 0.171. The van der Waals surface area contributed by atoms with Crippen molar-refractivity contribution in [2.75, 3.05) is 0 Å².